The minimum Gasteiger partial charge on any atom is -0.318 e. The van der Waals surface area contributed by atoms with E-state index in [1.165, 1.54) is 0 Å². The van der Waals surface area contributed by atoms with Crippen molar-refractivity contribution in [2.24, 2.45) is 0 Å². The van der Waals surface area contributed by atoms with E-state index in [4.69, 9.17) is 6.57 Å². The smallest absolute Gasteiger partial charge is 0.210 e. The van der Waals surface area contributed by atoms with E-state index >= 15 is 0 Å². The monoisotopic (exact) mass is 616 g/mol. The quantitative estimate of drug-likeness (QED) is 0.181. The summed E-state index contributed by atoms with van der Waals surface area (Å²) < 4.78 is 4.50. The number of aromatic nitrogens is 2. The molecule has 0 bridgehead atoms. The first-order valence-corrected chi connectivity index (χ1v) is 16.2. The molecule has 0 amide bonds. The molecule has 0 radical (unpaired) electrons. The number of rotatable bonds is 4. The molecule has 0 saturated carbocycles. The van der Waals surface area contributed by atoms with E-state index in [2.05, 4.69) is 117 Å². The molecule has 0 saturated heterocycles. The van der Waals surface area contributed by atoms with E-state index < -0.39 is 0 Å². The average molecular weight is 617 g/mol. The highest BCUT2D eigenvalue weighted by Gasteiger charge is 2.21. The molecule has 0 aliphatic rings. The van der Waals surface area contributed by atoms with Crippen molar-refractivity contribution in [3.8, 4) is 38.3 Å². The van der Waals surface area contributed by atoms with Crippen LogP contribution in [-0.2, 0) is 0 Å². The predicted molar refractivity (Wildman–Crippen MR) is 195 cm³/mol. The summed E-state index contributed by atoms with van der Waals surface area (Å²) in [4.78, 5) is 6.18. The maximum Gasteiger partial charge on any atom is 0.210 e. The lowest BCUT2D eigenvalue weighted by Gasteiger charge is -2.13. The van der Waals surface area contributed by atoms with Crippen LogP contribution in [0.1, 0.15) is 5.56 Å². The van der Waals surface area contributed by atoms with Gasteiger partial charge >= 0.3 is 0 Å². The lowest BCUT2D eigenvalue weighted by molar-refractivity contribution is 1.17. The number of nitriles is 1. The molecule has 9 rings (SSSR count). The van der Waals surface area contributed by atoms with Gasteiger partial charge in [-0.25, -0.2) is 4.85 Å². The summed E-state index contributed by atoms with van der Waals surface area (Å²) in [6.07, 6.45) is 0. The average Bonchev–Trinajstić information content (AvgIpc) is 3.85. The van der Waals surface area contributed by atoms with Crippen LogP contribution in [0.5, 0.6) is 0 Å². The van der Waals surface area contributed by atoms with Crippen molar-refractivity contribution in [2.45, 2.75) is 0 Å². The van der Waals surface area contributed by atoms with Crippen LogP contribution in [0.3, 0.4) is 0 Å². The van der Waals surface area contributed by atoms with Crippen LogP contribution in [0, 0.1) is 17.9 Å². The van der Waals surface area contributed by atoms with Crippen molar-refractivity contribution in [2.75, 3.05) is 0 Å². The number of fused-ring (bicyclic) bond motifs is 6. The van der Waals surface area contributed by atoms with Gasteiger partial charge in [-0.2, -0.15) is 5.26 Å². The molecule has 0 fully saturated rings. The maximum absolute atomic E-state index is 10.1. The second kappa shape index (κ2) is 10.6. The van der Waals surface area contributed by atoms with Crippen LogP contribution in [-0.4, -0.2) is 9.13 Å². The van der Waals surface area contributed by atoms with E-state index in [1.54, 1.807) is 11.3 Å². The Morgan fingerprint density at radius 2 is 1.00 bits per heavy atom. The molecule has 6 aromatic carbocycles. The first kappa shape index (κ1) is 27.0. The number of hydrogen-bond donors (Lipinski definition) is 0. The van der Waals surface area contributed by atoms with Gasteiger partial charge in [-0.15, -0.1) is 11.3 Å². The van der Waals surface area contributed by atoms with Crippen molar-refractivity contribution in [3.63, 3.8) is 0 Å². The molecule has 0 aliphatic carbocycles. The summed E-state index contributed by atoms with van der Waals surface area (Å²) in [5, 5.41) is 14.7. The summed E-state index contributed by atoms with van der Waals surface area (Å²) in [6.45, 7) is 7.92. The Hall–Kier alpha value is -6.40. The van der Waals surface area contributed by atoms with Gasteiger partial charge in [0.25, 0.3) is 0 Å². The van der Waals surface area contributed by atoms with Crippen molar-refractivity contribution in [3.05, 3.63) is 163 Å². The highest BCUT2D eigenvalue weighted by Crippen LogP contribution is 2.45. The van der Waals surface area contributed by atoms with Gasteiger partial charge < -0.3 is 9.13 Å². The van der Waals surface area contributed by atoms with Crippen LogP contribution in [0.2, 0.25) is 0 Å². The van der Waals surface area contributed by atoms with Gasteiger partial charge in [-0.1, -0.05) is 103 Å². The predicted octanol–water partition coefficient (Wildman–Crippen LogP) is 11.7. The first-order valence-electron chi connectivity index (χ1n) is 15.4. The van der Waals surface area contributed by atoms with Crippen molar-refractivity contribution in [1.29, 1.82) is 5.26 Å². The molecule has 0 aliphatic heterocycles. The molecule has 47 heavy (non-hydrogen) atoms. The summed E-state index contributed by atoms with van der Waals surface area (Å²) in [5.74, 6) is 0. The summed E-state index contributed by atoms with van der Waals surface area (Å²) in [5.41, 5.74) is 9.57. The van der Waals surface area contributed by atoms with Gasteiger partial charge in [0, 0.05) is 42.4 Å². The zero-order valence-corrected chi connectivity index (χ0v) is 25.9. The highest BCUT2D eigenvalue weighted by molar-refractivity contribution is 7.19. The molecule has 3 aromatic heterocycles. The number of benzene rings is 6. The van der Waals surface area contributed by atoms with Crippen LogP contribution < -0.4 is 0 Å². The van der Waals surface area contributed by atoms with Gasteiger partial charge in [0.2, 0.25) is 5.69 Å². The fourth-order valence-corrected chi connectivity index (χ4v) is 8.13. The Labute approximate surface area is 275 Å². The first-order chi connectivity index (χ1) is 23.3. The summed E-state index contributed by atoms with van der Waals surface area (Å²) in [7, 11) is 0. The third-order valence-electron chi connectivity index (χ3n) is 9.03. The number of para-hydroxylation sites is 7. The third kappa shape index (κ3) is 3.98. The standard InChI is InChI=1S/C42H24N4S/c1-44-34-19-5-9-23-38(34)46-37-22-8-4-14-29(37)31-16-11-18-33(42(31)46)40-25-24-39(47-40)32-17-10-15-30-28-13-3-7-21-36(28)45(41(30)32)35-20-6-2-12-27(35)26-43/h2-25H. The summed E-state index contributed by atoms with van der Waals surface area (Å²) in [6, 6.07) is 52.4. The maximum atomic E-state index is 10.1. The van der Waals surface area contributed by atoms with Crippen molar-refractivity contribution < 1.29 is 0 Å². The molecule has 0 atom stereocenters. The van der Waals surface area contributed by atoms with E-state index in [1.807, 2.05) is 48.5 Å². The molecule has 9 aromatic rings. The topological polar surface area (TPSA) is 38.0 Å². The molecule has 0 N–H and O–H groups in total. The fourth-order valence-electron chi connectivity index (χ4n) is 7.07. The van der Waals surface area contributed by atoms with Gasteiger partial charge in [0.1, 0.15) is 6.07 Å². The lowest BCUT2D eigenvalue weighted by atomic mass is 10.1. The van der Waals surface area contributed by atoms with Crippen LogP contribution >= 0.6 is 11.3 Å². The zero-order chi connectivity index (χ0) is 31.5. The zero-order valence-electron chi connectivity index (χ0n) is 25.1. The Bertz CT molecular complexity index is 2590. The number of hydrogen-bond acceptors (Lipinski definition) is 2. The molecule has 0 spiro atoms. The van der Waals surface area contributed by atoms with Gasteiger partial charge in [0.05, 0.1) is 45.6 Å². The van der Waals surface area contributed by atoms with E-state index in [-0.39, 0.29) is 0 Å². The number of nitrogens with zero attached hydrogens (tertiary/aromatic N) is 4. The molecule has 218 valence electrons. The molecule has 0 unspecified atom stereocenters. The van der Waals surface area contributed by atoms with E-state index in [0.717, 1.165) is 75.9 Å². The Balaban J connectivity index is 1.32. The lowest BCUT2D eigenvalue weighted by Crippen LogP contribution is -1.98. The van der Waals surface area contributed by atoms with E-state index in [9.17, 15) is 5.26 Å². The number of thiophene rings is 1. The minimum atomic E-state index is 0.619. The highest BCUT2D eigenvalue weighted by atomic mass is 32.1. The third-order valence-corrected chi connectivity index (χ3v) is 10.2. The molecule has 4 nitrogen and oxygen atoms in total. The van der Waals surface area contributed by atoms with Crippen LogP contribution in [0.25, 0.3) is 80.7 Å². The SMILES string of the molecule is [C-]#[N+]c1ccccc1-n1c2ccccc2c2cccc(-c3ccc(-c4cccc5c6ccccc6n(-c6ccccc6C#N)c45)s3)c21. The Kier molecular flexibility index (Phi) is 6.08. The second-order valence-electron chi connectivity index (χ2n) is 11.5. The minimum absolute atomic E-state index is 0.619. The Morgan fingerprint density at radius 1 is 0.511 bits per heavy atom. The summed E-state index contributed by atoms with van der Waals surface area (Å²) >= 11 is 1.76. The van der Waals surface area contributed by atoms with E-state index in [0.29, 0.717) is 11.3 Å². The Morgan fingerprint density at radius 3 is 1.60 bits per heavy atom. The van der Waals surface area contributed by atoms with Gasteiger partial charge in [-0.05, 0) is 42.5 Å². The molecule has 3 heterocycles. The van der Waals surface area contributed by atoms with Gasteiger partial charge in [0.15, 0.2) is 0 Å². The second-order valence-corrected chi connectivity index (χ2v) is 12.6. The molecular weight excluding hydrogens is 593 g/mol. The van der Waals surface area contributed by atoms with Crippen LogP contribution in [0.4, 0.5) is 5.69 Å². The largest absolute Gasteiger partial charge is 0.318 e. The van der Waals surface area contributed by atoms with Crippen molar-refractivity contribution >= 4 is 60.6 Å². The fraction of sp³-hybridized carbons (Fsp3) is 0. The van der Waals surface area contributed by atoms with Gasteiger partial charge in [-0.3, -0.25) is 0 Å². The molecule has 5 heteroatoms. The molecular formula is C42H24N4S. The van der Waals surface area contributed by atoms with Crippen molar-refractivity contribution in [1.82, 2.24) is 9.13 Å². The normalized spacial score (nSPS) is 11.4. The van der Waals surface area contributed by atoms with Crippen LogP contribution in [0.15, 0.2) is 146 Å².